The molecule has 0 radical (unpaired) electrons. The van der Waals surface area contributed by atoms with Crippen molar-refractivity contribution in [2.75, 3.05) is 13.1 Å². The lowest BCUT2D eigenvalue weighted by molar-refractivity contribution is -0.132. The van der Waals surface area contributed by atoms with Crippen LogP contribution in [0.1, 0.15) is 19.3 Å². The number of hydrogen-bond donors (Lipinski definition) is 0. The van der Waals surface area contributed by atoms with Crippen molar-refractivity contribution in [3.63, 3.8) is 0 Å². The first-order chi connectivity index (χ1) is 11.8. The molecule has 1 aliphatic heterocycles. The Hall–Kier alpha value is -2.62. The molecule has 2 aromatic carbocycles. The van der Waals surface area contributed by atoms with E-state index in [-0.39, 0.29) is 17.9 Å². The fourth-order valence-electron chi connectivity index (χ4n) is 3.63. The van der Waals surface area contributed by atoms with Gasteiger partial charge in [-0.1, -0.05) is 24.3 Å². The molecule has 2 heterocycles. The maximum atomic E-state index is 12.8. The normalized spacial score (nSPS) is 15.1. The summed E-state index contributed by atoms with van der Waals surface area (Å²) < 4.78 is 1.99. The number of likely N-dealkylation sites (tertiary alicyclic amines) is 1. The Morgan fingerprint density at radius 1 is 0.833 bits per heavy atom. The Bertz CT molecular complexity index is 908. The van der Waals surface area contributed by atoms with Crippen molar-refractivity contribution in [1.82, 2.24) is 9.47 Å². The SMILES string of the molecule is O=C(Cn1c2ccccc2c(=O)c2ccccc21)N1CCCCC1. The summed E-state index contributed by atoms with van der Waals surface area (Å²) in [6, 6.07) is 15.1. The predicted molar refractivity (Wildman–Crippen MR) is 96.1 cm³/mol. The molecule has 3 aromatic rings. The highest BCUT2D eigenvalue weighted by Gasteiger charge is 2.19. The molecular formula is C20H20N2O2. The zero-order chi connectivity index (χ0) is 16.5. The highest BCUT2D eigenvalue weighted by molar-refractivity contribution is 5.94. The van der Waals surface area contributed by atoms with Crippen LogP contribution in [0.4, 0.5) is 0 Å². The zero-order valence-corrected chi connectivity index (χ0v) is 13.6. The van der Waals surface area contributed by atoms with E-state index in [1.54, 1.807) is 0 Å². The lowest BCUT2D eigenvalue weighted by Crippen LogP contribution is -2.38. The highest BCUT2D eigenvalue weighted by Crippen LogP contribution is 2.20. The van der Waals surface area contributed by atoms with E-state index in [2.05, 4.69) is 0 Å². The first-order valence-electron chi connectivity index (χ1n) is 8.54. The molecule has 0 N–H and O–H groups in total. The van der Waals surface area contributed by atoms with Gasteiger partial charge in [-0.05, 0) is 43.5 Å². The maximum absolute atomic E-state index is 12.8. The monoisotopic (exact) mass is 320 g/mol. The van der Waals surface area contributed by atoms with Crippen molar-refractivity contribution < 1.29 is 4.79 Å². The van der Waals surface area contributed by atoms with Crippen molar-refractivity contribution >= 4 is 27.7 Å². The van der Waals surface area contributed by atoms with Crippen LogP contribution < -0.4 is 5.43 Å². The summed E-state index contributed by atoms with van der Waals surface area (Å²) in [5.41, 5.74) is 1.68. The summed E-state index contributed by atoms with van der Waals surface area (Å²) in [6.07, 6.45) is 3.36. The number of aromatic nitrogens is 1. The van der Waals surface area contributed by atoms with Gasteiger partial charge in [-0.15, -0.1) is 0 Å². The van der Waals surface area contributed by atoms with Crippen molar-refractivity contribution in [3.8, 4) is 0 Å². The number of benzene rings is 2. The molecule has 0 atom stereocenters. The summed E-state index contributed by atoms with van der Waals surface area (Å²) in [4.78, 5) is 27.4. The minimum absolute atomic E-state index is 0.0304. The zero-order valence-electron chi connectivity index (χ0n) is 13.6. The first-order valence-corrected chi connectivity index (χ1v) is 8.54. The molecular weight excluding hydrogens is 300 g/mol. The molecule has 1 amide bonds. The van der Waals surface area contributed by atoms with Gasteiger partial charge in [0, 0.05) is 23.9 Å². The van der Waals surface area contributed by atoms with Gasteiger partial charge in [0.15, 0.2) is 5.43 Å². The van der Waals surface area contributed by atoms with E-state index < -0.39 is 0 Å². The number of amides is 1. The molecule has 0 bridgehead atoms. The Labute approximate surface area is 140 Å². The van der Waals surface area contributed by atoms with Crippen LogP contribution in [0.3, 0.4) is 0 Å². The van der Waals surface area contributed by atoms with Gasteiger partial charge >= 0.3 is 0 Å². The number of pyridine rings is 1. The number of fused-ring (bicyclic) bond motifs is 2. The van der Waals surface area contributed by atoms with E-state index in [0.717, 1.165) is 37.0 Å². The van der Waals surface area contributed by atoms with Gasteiger partial charge in [-0.2, -0.15) is 0 Å². The summed E-state index contributed by atoms with van der Waals surface area (Å²) in [5, 5.41) is 1.34. The standard InChI is InChI=1S/C20H20N2O2/c23-19(21-12-6-1-7-13-21)14-22-17-10-4-2-8-15(17)20(24)16-9-3-5-11-18(16)22/h2-5,8-11H,1,6-7,12-14H2. The lowest BCUT2D eigenvalue weighted by Gasteiger charge is -2.27. The molecule has 0 saturated carbocycles. The molecule has 24 heavy (non-hydrogen) atoms. The van der Waals surface area contributed by atoms with Crippen LogP contribution in [0.5, 0.6) is 0 Å². The highest BCUT2D eigenvalue weighted by atomic mass is 16.2. The van der Waals surface area contributed by atoms with Crippen LogP contribution in [0, 0.1) is 0 Å². The Morgan fingerprint density at radius 3 is 1.96 bits per heavy atom. The molecule has 1 aromatic heterocycles. The minimum atomic E-state index is 0.0304. The summed E-state index contributed by atoms with van der Waals surface area (Å²) in [7, 11) is 0. The summed E-state index contributed by atoms with van der Waals surface area (Å²) >= 11 is 0. The van der Waals surface area contributed by atoms with Gasteiger partial charge in [-0.3, -0.25) is 9.59 Å². The van der Waals surface area contributed by atoms with Crippen LogP contribution in [0.15, 0.2) is 53.3 Å². The molecule has 0 spiro atoms. The molecule has 4 nitrogen and oxygen atoms in total. The number of piperidine rings is 1. The van der Waals surface area contributed by atoms with Crippen molar-refractivity contribution in [2.45, 2.75) is 25.8 Å². The predicted octanol–water partition coefficient (Wildman–Crippen LogP) is 3.17. The van der Waals surface area contributed by atoms with E-state index >= 15 is 0 Å². The fraction of sp³-hybridized carbons (Fsp3) is 0.300. The fourth-order valence-corrected chi connectivity index (χ4v) is 3.63. The largest absolute Gasteiger partial charge is 0.341 e. The van der Waals surface area contributed by atoms with Crippen molar-refractivity contribution in [1.29, 1.82) is 0 Å². The third-order valence-electron chi connectivity index (χ3n) is 4.88. The first kappa shape index (κ1) is 14.9. The second kappa shape index (κ2) is 6.11. The van der Waals surface area contributed by atoms with Crippen LogP contribution in [0.2, 0.25) is 0 Å². The van der Waals surface area contributed by atoms with Crippen LogP contribution in [0.25, 0.3) is 21.8 Å². The van der Waals surface area contributed by atoms with Crippen LogP contribution in [-0.2, 0) is 11.3 Å². The van der Waals surface area contributed by atoms with Crippen molar-refractivity contribution in [2.24, 2.45) is 0 Å². The third-order valence-corrected chi connectivity index (χ3v) is 4.88. The second-order valence-electron chi connectivity index (χ2n) is 6.39. The molecule has 4 heteroatoms. The number of carbonyl (C=O) groups excluding carboxylic acids is 1. The Morgan fingerprint density at radius 2 is 1.38 bits per heavy atom. The number of hydrogen-bond acceptors (Lipinski definition) is 2. The van der Waals surface area contributed by atoms with Gasteiger partial charge in [-0.25, -0.2) is 0 Å². The molecule has 1 fully saturated rings. The van der Waals surface area contributed by atoms with Gasteiger partial charge in [0.2, 0.25) is 5.91 Å². The van der Waals surface area contributed by atoms with Crippen molar-refractivity contribution in [3.05, 3.63) is 58.8 Å². The number of para-hydroxylation sites is 2. The third kappa shape index (κ3) is 2.48. The average Bonchev–Trinajstić information content (AvgIpc) is 2.65. The van der Waals surface area contributed by atoms with E-state index in [1.165, 1.54) is 6.42 Å². The van der Waals surface area contributed by atoms with E-state index in [1.807, 2.05) is 58.0 Å². The molecule has 1 saturated heterocycles. The molecule has 4 rings (SSSR count). The molecule has 0 aliphatic carbocycles. The number of rotatable bonds is 2. The summed E-state index contributed by atoms with van der Waals surface area (Å²) in [6.45, 7) is 1.96. The molecule has 0 unspecified atom stereocenters. The maximum Gasteiger partial charge on any atom is 0.242 e. The van der Waals surface area contributed by atoms with E-state index in [9.17, 15) is 9.59 Å². The van der Waals surface area contributed by atoms with Crippen LogP contribution in [-0.4, -0.2) is 28.5 Å². The quantitative estimate of drug-likeness (QED) is 0.681. The summed E-state index contributed by atoms with van der Waals surface area (Å²) in [5.74, 6) is 0.133. The van der Waals surface area contributed by atoms with E-state index in [4.69, 9.17) is 0 Å². The minimum Gasteiger partial charge on any atom is -0.341 e. The lowest BCUT2D eigenvalue weighted by atomic mass is 10.1. The molecule has 1 aliphatic rings. The average molecular weight is 320 g/mol. The number of carbonyl (C=O) groups is 1. The second-order valence-corrected chi connectivity index (χ2v) is 6.39. The smallest absolute Gasteiger partial charge is 0.242 e. The Balaban J connectivity index is 1.87. The Kier molecular flexibility index (Phi) is 3.81. The number of nitrogens with zero attached hydrogens (tertiary/aromatic N) is 2. The van der Waals surface area contributed by atoms with Gasteiger partial charge in [0.25, 0.3) is 0 Å². The molecule has 122 valence electrons. The van der Waals surface area contributed by atoms with Gasteiger partial charge in [0.05, 0.1) is 11.0 Å². The topological polar surface area (TPSA) is 42.3 Å². The van der Waals surface area contributed by atoms with E-state index in [0.29, 0.717) is 10.8 Å². The van der Waals surface area contributed by atoms with Gasteiger partial charge in [0.1, 0.15) is 6.54 Å². The van der Waals surface area contributed by atoms with Crippen LogP contribution >= 0.6 is 0 Å². The van der Waals surface area contributed by atoms with Gasteiger partial charge < -0.3 is 9.47 Å².